The van der Waals surface area contributed by atoms with E-state index in [1.165, 1.54) is 0 Å². The number of hydrogen-bond donors (Lipinski definition) is 2. The van der Waals surface area contributed by atoms with E-state index in [0.29, 0.717) is 10.0 Å². The van der Waals surface area contributed by atoms with Crippen LogP contribution in [0.25, 0.3) is 0 Å². The molecule has 0 atom stereocenters. The van der Waals surface area contributed by atoms with Crippen LogP contribution in [0.1, 0.15) is 5.56 Å². The maximum atomic E-state index is 6.13. The zero-order chi connectivity index (χ0) is 14.0. The molecule has 0 aromatic heterocycles. The molecular weight excluding hydrogens is 411 g/mol. The van der Waals surface area contributed by atoms with Crippen molar-refractivity contribution < 1.29 is 0 Å². The van der Waals surface area contributed by atoms with Crippen LogP contribution < -0.4 is 11.1 Å². The second kappa shape index (κ2) is 6.22. The largest absolute Gasteiger partial charge is 0.389 e. The van der Waals surface area contributed by atoms with E-state index in [4.69, 9.17) is 29.6 Å². The fourth-order valence-corrected chi connectivity index (χ4v) is 2.97. The molecule has 2 nitrogen and oxygen atoms in total. The Balaban J connectivity index is 2.31. The highest BCUT2D eigenvalue weighted by atomic mass is 79.9. The summed E-state index contributed by atoms with van der Waals surface area (Å²) in [5.41, 5.74) is 8.14. The lowest BCUT2D eigenvalue weighted by atomic mass is 10.2. The predicted molar refractivity (Wildman–Crippen MR) is 92.5 cm³/mol. The van der Waals surface area contributed by atoms with Crippen molar-refractivity contribution >= 4 is 72.0 Å². The molecule has 0 heterocycles. The van der Waals surface area contributed by atoms with E-state index in [2.05, 4.69) is 37.2 Å². The summed E-state index contributed by atoms with van der Waals surface area (Å²) in [5, 5.41) is 3.89. The van der Waals surface area contributed by atoms with Gasteiger partial charge in [0.15, 0.2) is 0 Å². The van der Waals surface area contributed by atoms with Crippen LogP contribution in [0.5, 0.6) is 0 Å². The van der Waals surface area contributed by atoms with Crippen molar-refractivity contribution in [2.24, 2.45) is 5.73 Å². The van der Waals surface area contributed by atoms with Gasteiger partial charge in [-0.2, -0.15) is 0 Å². The first kappa shape index (κ1) is 14.8. The molecule has 98 valence electrons. The van der Waals surface area contributed by atoms with E-state index >= 15 is 0 Å². The van der Waals surface area contributed by atoms with Gasteiger partial charge in [-0.3, -0.25) is 0 Å². The first-order valence-electron chi connectivity index (χ1n) is 5.29. The third-order valence-corrected chi connectivity index (χ3v) is 4.14. The molecule has 6 heteroatoms. The third-order valence-electron chi connectivity index (χ3n) is 2.44. The Bertz CT molecular complexity index is 647. The quantitative estimate of drug-likeness (QED) is 0.667. The van der Waals surface area contributed by atoms with Gasteiger partial charge < -0.3 is 11.1 Å². The zero-order valence-corrected chi connectivity index (χ0v) is 14.3. The van der Waals surface area contributed by atoms with Crippen LogP contribution in [0.4, 0.5) is 11.4 Å². The summed E-state index contributed by atoms with van der Waals surface area (Å²) in [5.74, 6) is 0. The number of anilines is 2. The molecule has 2 aromatic carbocycles. The Hall–Kier alpha value is -0.620. The molecule has 0 aliphatic carbocycles. The Labute approximate surface area is 138 Å². The van der Waals surface area contributed by atoms with Crippen LogP contribution in [0.3, 0.4) is 0 Å². The van der Waals surface area contributed by atoms with Crippen molar-refractivity contribution in [3.8, 4) is 0 Å². The van der Waals surface area contributed by atoms with Gasteiger partial charge in [0, 0.05) is 20.2 Å². The fraction of sp³-hybridized carbons (Fsp3) is 0. The van der Waals surface area contributed by atoms with E-state index in [9.17, 15) is 0 Å². The average Bonchev–Trinajstić information content (AvgIpc) is 2.33. The van der Waals surface area contributed by atoms with Gasteiger partial charge in [-0.1, -0.05) is 39.7 Å². The first-order valence-corrected chi connectivity index (χ1v) is 7.66. The molecule has 0 fully saturated rings. The molecule has 19 heavy (non-hydrogen) atoms. The standard InChI is InChI=1S/C13H9Br2ClN2S/c14-7-1-4-11(16)12(5-7)18-8-2-3-9(13(17)19)10(15)6-8/h1-6,18H,(H2,17,19). The Morgan fingerprint density at radius 3 is 2.53 bits per heavy atom. The number of nitrogens with two attached hydrogens (primary N) is 1. The van der Waals surface area contributed by atoms with Crippen molar-refractivity contribution in [2.75, 3.05) is 5.32 Å². The minimum absolute atomic E-state index is 0.360. The Morgan fingerprint density at radius 2 is 1.89 bits per heavy atom. The van der Waals surface area contributed by atoms with Crippen LogP contribution in [0, 0.1) is 0 Å². The number of thiocarbonyl (C=S) groups is 1. The zero-order valence-electron chi connectivity index (χ0n) is 9.58. The van der Waals surface area contributed by atoms with E-state index in [1.807, 2.05) is 36.4 Å². The van der Waals surface area contributed by atoms with Crippen LogP contribution in [0.2, 0.25) is 5.02 Å². The molecule has 0 bridgehead atoms. The number of nitrogens with one attached hydrogen (secondary N) is 1. The van der Waals surface area contributed by atoms with E-state index in [1.54, 1.807) is 0 Å². The topological polar surface area (TPSA) is 38.0 Å². The fourth-order valence-electron chi connectivity index (χ4n) is 1.54. The van der Waals surface area contributed by atoms with Gasteiger partial charge in [-0.15, -0.1) is 0 Å². The smallest absolute Gasteiger partial charge is 0.105 e. The number of halogens is 3. The minimum Gasteiger partial charge on any atom is -0.389 e. The summed E-state index contributed by atoms with van der Waals surface area (Å²) in [6.07, 6.45) is 0. The van der Waals surface area contributed by atoms with Crippen molar-refractivity contribution in [1.29, 1.82) is 0 Å². The lowest BCUT2D eigenvalue weighted by Gasteiger charge is -2.11. The van der Waals surface area contributed by atoms with E-state index < -0.39 is 0 Å². The molecule has 0 radical (unpaired) electrons. The molecule has 0 saturated heterocycles. The number of rotatable bonds is 3. The molecule has 0 amide bonds. The monoisotopic (exact) mass is 418 g/mol. The third kappa shape index (κ3) is 3.69. The van der Waals surface area contributed by atoms with Crippen molar-refractivity contribution in [1.82, 2.24) is 0 Å². The second-order valence-corrected chi connectivity index (χ2v) is 6.43. The van der Waals surface area contributed by atoms with Gasteiger partial charge in [0.25, 0.3) is 0 Å². The first-order chi connectivity index (χ1) is 8.97. The SMILES string of the molecule is NC(=S)c1ccc(Nc2cc(Br)ccc2Cl)cc1Br. The molecule has 0 aliphatic heterocycles. The highest BCUT2D eigenvalue weighted by molar-refractivity contribution is 9.10. The molecule has 0 spiro atoms. The summed E-state index contributed by atoms with van der Waals surface area (Å²) in [4.78, 5) is 0.360. The second-order valence-electron chi connectivity index (χ2n) is 3.81. The summed E-state index contributed by atoms with van der Waals surface area (Å²) in [7, 11) is 0. The summed E-state index contributed by atoms with van der Waals surface area (Å²) < 4.78 is 1.80. The van der Waals surface area contributed by atoms with Crippen molar-refractivity contribution in [3.05, 3.63) is 55.9 Å². The minimum atomic E-state index is 0.360. The van der Waals surface area contributed by atoms with Crippen LogP contribution >= 0.6 is 55.7 Å². The highest BCUT2D eigenvalue weighted by Gasteiger charge is 2.06. The highest BCUT2D eigenvalue weighted by Crippen LogP contribution is 2.30. The molecule has 2 rings (SSSR count). The van der Waals surface area contributed by atoms with Gasteiger partial charge in [-0.25, -0.2) is 0 Å². The lowest BCUT2D eigenvalue weighted by Crippen LogP contribution is -2.10. The molecule has 2 aromatic rings. The Morgan fingerprint density at radius 1 is 1.16 bits per heavy atom. The van der Waals surface area contributed by atoms with Crippen LogP contribution in [-0.2, 0) is 0 Å². The van der Waals surface area contributed by atoms with E-state index in [0.717, 1.165) is 25.9 Å². The van der Waals surface area contributed by atoms with Crippen LogP contribution in [-0.4, -0.2) is 4.99 Å². The van der Waals surface area contributed by atoms with Crippen molar-refractivity contribution in [3.63, 3.8) is 0 Å². The van der Waals surface area contributed by atoms with Gasteiger partial charge in [0.05, 0.1) is 10.7 Å². The summed E-state index contributed by atoms with van der Waals surface area (Å²) in [6, 6.07) is 11.3. The lowest BCUT2D eigenvalue weighted by molar-refractivity contribution is 1.50. The van der Waals surface area contributed by atoms with Crippen molar-refractivity contribution in [2.45, 2.75) is 0 Å². The van der Waals surface area contributed by atoms with Gasteiger partial charge in [0.1, 0.15) is 4.99 Å². The maximum Gasteiger partial charge on any atom is 0.105 e. The molecule has 0 saturated carbocycles. The Kier molecular flexibility index (Phi) is 4.84. The van der Waals surface area contributed by atoms with Gasteiger partial charge >= 0.3 is 0 Å². The average molecular weight is 421 g/mol. The number of hydrogen-bond acceptors (Lipinski definition) is 2. The van der Waals surface area contributed by atoms with Crippen LogP contribution in [0.15, 0.2) is 45.3 Å². The molecule has 0 unspecified atom stereocenters. The van der Waals surface area contributed by atoms with Gasteiger partial charge in [-0.05, 0) is 52.3 Å². The van der Waals surface area contributed by atoms with Gasteiger partial charge in [0.2, 0.25) is 0 Å². The summed E-state index contributed by atoms with van der Waals surface area (Å²) in [6.45, 7) is 0. The predicted octanol–water partition coefficient (Wildman–Crippen LogP) is 5.24. The van der Waals surface area contributed by atoms with E-state index in [-0.39, 0.29) is 0 Å². The normalized spacial score (nSPS) is 10.3. The maximum absolute atomic E-state index is 6.13. The molecule has 0 aliphatic rings. The molecule has 3 N–H and O–H groups in total. The summed E-state index contributed by atoms with van der Waals surface area (Å²) >= 11 is 17.9. The molecular formula is C13H9Br2ClN2S. The number of benzene rings is 2.